The smallest absolute Gasteiger partial charge is 0.380 e. The van der Waals surface area contributed by atoms with E-state index in [9.17, 15) is 28.1 Å². The number of aryl methyl sites for hydroxylation is 1. The van der Waals surface area contributed by atoms with Crippen molar-refractivity contribution in [2.75, 3.05) is 0 Å². The lowest BCUT2D eigenvalue weighted by molar-refractivity contribution is -0.384. The van der Waals surface area contributed by atoms with Gasteiger partial charge in [0.05, 0.1) is 15.5 Å². The van der Waals surface area contributed by atoms with E-state index in [2.05, 4.69) is 15.2 Å². The number of alkyl halides is 3. The molecule has 3 heterocycles. The van der Waals surface area contributed by atoms with Crippen molar-refractivity contribution < 1.29 is 27.7 Å². The van der Waals surface area contributed by atoms with Crippen LogP contribution in [0.5, 0.6) is 0 Å². The van der Waals surface area contributed by atoms with E-state index in [4.69, 9.17) is 10.6 Å². The van der Waals surface area contributed by atoms with Crippen LogP contribution in [0.3, 0.4) is 0 Å². The quantitative estimate of drug-likeness (QED) is 0.135. The maximum atomic E-state index is 13.7. The van der Waals surface area contributed by atoms with Crippen molar-refractivity contribution in [1.29, 1.82) is 0 Å². The number of nitro benzene ring substituents is 1. The Labute approximate surface area is 198 Å². The number of hydrogen-bond acceptors (Lipinski definition) is 8. The monoisotopic (exact) mass is 504 g/mol. The molecular weight excluding hydrogens is 489 g/mol. The van der Waals surface area contributed by atoms with E-state index < -0.39 is 28.5 Å². The lowest BCUT2D eigenvalue weighted by Crippen LogP contribution is -2.16. The van der Waals surface area contributed by atoms with Gasteiger partial charge in [0.25, 0.3) is 5.69 Å². The molecule has 0 atom stereocenters. The summed E-state index contributed by atoms with van der Waals surface area (Å²) in [5.74, 6) is -1.45. The van der Waals surface area contributed by atoms with Gasteiger partial charge in [-0.25, -0.2) is 14.3 Å². The lowest BCUT2D eigenvalue weighted by Gasteiger charge is -2.10. The van der Waals surface area contributed by atoms with Gasteiger partial charge in [0, 0.05) is 28.6 Å². The van der Waals surface area contributed by atoms with E-state index >= 15 is 0 Å². The highest BCUT2D eigenvalue weighted by atomic mass is 32.1. The molecule has 10 nitrogen and oxygen atoms in total. The molecule has 2 N–H and O–H groups in total. The largest absolute Gasteiger partial charge is 0.433 e. The van der Waals surface area contributed by atoms with E-state index in [0.29, 0.717) is 9.39 Å². The molecule has 0 spiro atoms. The summed E-state index contributed by atoms with van der Waals surface area (Å²) in [6, 6.07) is 10.4. The lowest BCUT2D eigenvalue weighted by atomic mass is 10.2. The number of nitro groups is 1. The highest BCUT2D eigenvalue weighted by molar-refractivity contribution is 7.15. The van der Waals surface area contributed by atoms with E-state index in [0.717, 1.165) is 23.4 Å². The predicted octanol–water partition coefficient (Wildman–Crippen LogP) is 4.42. The van der Waals surface area contributed by atoms with E-state index in [1.54, 1.807) is 6.07 Å². The van der Waals surface area contributed by atoms with Crippen LogP contribution in [-0.4, -0.2) is 31.3 Å². The second kappa shape index (κ2) is 9.13. The van der Waals surface area contributed by atoms with Crippen LogP contribution in [0.2, 0.25) is 0 Å². The predicted molar refractivity (Wildman–Crippen MR) is 120 cm³/mol. The summed E-state index contributed by atoms with van der Waals surface area (Å²) in [5.41, 5.74) is 4.07. The summed E-state index contributed by atoms with van der Waals surface area (Å²) < 4.78 is 41.7. The van der Waals surface area contributed by atoms with Crippen LogP contribution in [0.1, 0.15) is 33.5 Å². The number of thiophene rings is 1. The van der Waals surface area contributed by atoms with Crippen molar-refractivity contribution in [3.63, 3.8) is 0 Å². The summed E-state index contributed by atoms with van der Waals surface area (Å²) in [7, 11) is 0. The van der Waals surface area contributed by atoms with Gasteiger partial charge in [-0.15, -0.1) is 11.3 Å². The molecule has 0 bridgehead atoms. The fourth-order valence-corrected chi connectivity index (χ4v) is 3.96. The molecular formula is C21H15F3N6O4S. The second-order valence-electron chi connectivity index (χ2n) is 7.10. The molecule has 0 radical (unpaired) electrons. The Morgan fingerprint density at radius 1 is 1.23 bits per heavy atom. The third-order valence-electron chi connectivity index (χ3n) is 4.79. The minimum Gasteiger partial charge on any atom is -0.380 e. The van der Waals surface area contributed by atoms with Gasteiger partial charge >= 0.3 is 12.1 Å². The van der Waals surface area contributed by atoms with Crippen LogP contribution >= 0.6 is 11.3 Å². The van der Waals surface area contributed by atoms with Crippen molar-refractivity contribution >= 4 is 34.5 Å². The Kier molecular flexibility index (Phi) is 6.22. The number of nitrogens with zero attached hydrogens (tertiary/aromatic N) is 5. The first-order chi connectivity index (χ1) is 16.6. The van der Waals surface area contributed by atoms with Crippen LogP contribution in [0, 0.1) is 10.1 Å². The van der Waals surface area contributed by atoms with Crippen molar-refractivity contribution in [2.45, 2.75) is 19.5 Å². The first-order valence-corrected chi connectivity index (χ1v) is 10.7. The molecule has 14 heteroatoms. The number of carbonyl (C=O) groups excluding carboxylic acids is 1. The average Bonchev–Trinajstić information content (AvgIpc) is 3.48. The van der Waals surface area contributed by atoms with Crippen LogP contribution in [0.15, 0.2) is 53.7 Å². The molecule has 3 aromatic heterocycles. The topological polar surface area (TPSA) is 138 Å². The SMILES string of the molecule is CCc1ccc(-c2cc(C(F)(F)F)n3nc(C(=O)O/N=C(\N)c4ccc([N+](=O)[O-])cc4)cc3n2)s1. The fraction of sp³-hybridized carbons (Fsp3) is 0.143. The number of hydrogen-bond donors (Lipinski definition) is 1. The van der Waals surface area contributed by atoms with Gasteiger partial charge in [-0.2, -0.15) is 18.3 Å². The van der Waals surface area contributed by atoms with Gasteiger partial charge in [-0.1, -0.05) is 12.1 Å². The van der Waals surface area contributed by atoms with Gasteiger partial charge in [-0.05, 0) is 36.8 Å². The van der Waals surface area contributed by atoms with Crippen molar-refractivity contribution in [3.05, 3.63) is 80.5 Å². The Bertz CT molecular complexity index is 1460. The third kappa shape index (κ3) is 4.96. The van der Waals surface area contributed by atoms with Gasteiger partial charge in [-0.3, -0.25) is 10.1 Å². The molecule has 35 heavy (non-hydrogen) atoms. The maximum Gasteiger partial charge on any atom is 0.433 e. The number of non-ortho nitro benzene ring substituents is 1. The second-order valence-corrected chi connectivity index (χ2v) is 8.27. The molecule has 0 saturated heterocycles. The molecule has 1 aromatic carbocycles. The molecule has 0 aliphatic carbocycles. The highest BCUT2D eigenvalue weighted by Gasteiger charge is 2.36. The molecule has 0 saturated carbocycles. The number of rotatable bonds is 6. The van der Waals surface area contributed by atoms with Crippen LogP contribution in [0.4, 0.5) is 18.9 Å². The zero-order chi connectivity index (χ0) is 25.3. The number of aromatic nitrogens is 3. The fourth-order valence-electron chi connectivity index (χ4n) is 3.05. The standard InChI is InChI=1S/C21H15F3N6O4S/c1-2-13-7-8-16(35-13)14-9-17(21(22,23)24)29-18(26-14)10-15(27-29)20(31)34-28-19(25)11-3-5-12(6-4-11)30(32)33/h3-10H,2H2,1H3,(H2,25,28). The van der Waals surface area contributed by atoms with Gasteiger partial charge in [0.15, 0.2) is 22.9 Å². The molecule has 0 aliphatic heterocycles. The number of carbonyl (C=O) groups is 1. The first-order valence-electron chi connectivity index (χ1n) is 9.93. The van der Waals surface area contributed by atoms with E-state index in [1.807, 2.05) is 13.0 Å². The first kappa shape index (κ1) is 23.8. The Morgan fingerprint density at radius 3 is 2.54 bits per heavy atom. The van der Waals surface area contributed by atoms with E-state index in [1.165, 1.54) is 35.6 Å². The van der Waals surface area contributed by atoms with Crippen molar-refractivity contribution in [1.82, 2.24) is 14.6 Å². The van der Waals surface area contributed by atoms with Gasteiger partial charge < -0.3 is 10.6 Å². The number of oxime groups is 1. The zero-order valence-corrected chi connectivity index (χ0v) is 18.6. The minimum absolute atomic E-state index is 0.0924. The van der Waals surface area contributed by atoms with Crippen LogP contribution < -0.4 is 5.73 Å². The molecule has 4 aromatic rings. The summed E-state index contributed by atoms with van der Waals surface area (Å²) in [6.07, 6.45) is -4.04. The molecule has 0 amide bonds. The summed E-state index contributed by atoms with van der Waals surface area (Å²) in [4.78, 5) is 33.0. The summed E-state index contributed by atoms with van der Waals surface area (Å²) in [5, 5.41) is 17.9. The van der Waals surface area contributed by atoms with Gasteiger partial charge in [0.2, 0.25) is 0 Å². The normalized spacial score (nSPS) is 12.2. The van der Waals surface area contributed by atoms with Crippen molar-refractivity contribution in [3.8, 4) is 10.6 Å². The minimum atomic E-state index is -4.77. The van der Waals surface area contributed by atoms with E-state index in [-0.39, 0.29) is 28.4 Å². The average molecular weight is 504 g/mol. The highest BCUT2D eigenvalue weighted by Crippen LogP contribution is 2.34. The zero-order valence-electron chi connectivity index (χ0n) is 17.8. The number of benzene rings is 1. The Balaban J connectivity index is 1.64. The van der Waals surface area contributed by atoms with Crippen LogP contribution in [0.25, 0.3) is 16.2 Å². The van der Waals surface area contributed by atoms with Crippen molar-refractivity contribution in [2.24, 2.45) is 10.9 Å². The third-order valence-corrected chi connectivity index (χ3v) is 6.04. The Morgan fingerprint density at radius 2 is 1.94 bits per heavy atom. The molecule has 0 aliphatic rings. The molecule has 0 fully saturated rings. The number of halogens is 3. The Hall–Kier alpha value is -4.33. The van der Waals surface area contributed by atoms with Crippen LogP contribution in [-0.2, 0) is 17.4 Å². The number of fused-ring (bicyclic) bond motifs is 1. The van der Waals surface area contributed by atoms with Gasteiger partial charge in [0.1, 0.15) is 0 Å². The number of nitrogens with two attached hydrogens (primary N) is 1. The maximum absolute atomic E-state index is 13.7. The molecule has 180 valence electrons. The molecule has 4 rings (SSSR count). The molecule has 0 unspecified atom stereocenters. The number of amidine groups is 1. The summed E-state index contributed by atoms with van der Waals surface area (Å²) in [6.45, 7) is 1.93. The summed E-state index contributed by atoms with van der Waals surface area (Å²) >= 11 is 1.32.